The van der Waals surface area contributed by atoms with Gasteiger partial charge in [0.2, 0.25) is 11.9 Å². The third kappa shape index (κ3) is 43.4. The van der Waals surface area contributed by atoms with E-state index in [0.29, 0.717) is 119 Å². The Kier molecular flexibility index (Phi) is 44.5. The van der Waals surface area contributed by atoms with Crippen LogP contribution in [-0.2, 0) is 62.3 Å². The number of aromatic nitrogens is 3. The number of phenolic OH excluding ortho intramolecular Hbond substituents is 2. The number of carbonyl (C=O) groups is 4. The summed E-state index contributed by atoms with van der Waals surface area (Å²) in [6.07, 6.45) is 0.379. The average molecular weight is 1990 g/mol. The van der Waals surface area contributed by atoms with Crippen LogP contribution in [0.1, 0.15) is 156 Å². The third-order valence-electron chi connectivity index (χ3n) is 17.9. The second-order valence-corrected chi connectivity index (χ2v) is 35.7. The number of nitrogens with one attached hydrogen (secondary N) is 6. The van der Waals surface area contributed by atoms with E-state index in [1.165, 1.54) is 48.5 Å². The molecule has 0 bridgehead atoms. The second kappa shape index (κ2) is 55.3. The Morgan fingerprint density at radius 3 is 0.857 bits per heavy atom. The van der Waals surface area contributed by atoms with Crippen molar-refractivity contribution in [1.29, 1.82) is 0 Å². The molecule has 0 saturated carbocycles. The lowest BCUT2D eigenvalue weighted by Crippen LogP contribution is -2.27. The maximum atomic E-state index is 13.6. The fourth-order valence-corrected chi connectivity index (χ4v) is 11.1. The summed E-state index contributed by atoms with van der Waals surface area (Å²) < 4.78 is 114. The SMILES string of the molecule is C.CC(C)(C)OC(=O)Nc1ccc(O)cc1.CC(C)(C)OC(=O)Nc1ccc(OCc2ccccc2F)cc1.CC(C)(C)c1cc(N=C=O)no1.CC(C)(C)c1cc(NC(=O)Nc2ccc(OCc3ccccc3F)cc2)no1.CC(C)(C)c1cc(NC(=O)Nc2ccc(OCc3ccccc3F)cc2)no1.Fc1ccccc1CBr.Nc1ccc(O)cc1.Nc1ccc(OCc2ccccc2F)cc1. The van der Waals surface area contributed by atoms with Gasteiger partial charge in [-0.1, -0.05) is 192 Å². The summed E-state index contributed by atoms with van der Waals surface area (Å²) in [5, 5.41) is 45.4. The van der Waals surface area contributed by atoms with Gasteiger partial charge in [0.05, 0.1) is 0 Å². The van der Waals surface area contributed by atoms with Crippen molar-refractivity contribution in [2.24, 2.45) is 4.99 Å². The number of amides is 6. The Morgan fingerprint density at radius 2 is 0.607 bits per heavy atom. The topological polar surface area (TPSA) is 396 Å². The van der Waals surface area contributed by atoms with E-state index in [1.54, 1.807) is 278 Å². The van der Waals surface area contributed by atoms with Crippen LogP contribution in [-0.4, -0.2) is 67.2 Å². The van der Waals surface area contributed by atoms with Gasteiger partial charge in [-0.2, -0.15) is 0 Å². The zero-order chi connectivity index (χ0) is 102. The number of rotatable bonds is 20. The maximum absolute atomic E-state index is 13.6. The van der Waals surface area contributed by atoms with Gasteiger partial charge in [-0.05, 0) is 223 Å². The summed E-state index contributed by atoms with van der Waals surface area (Å²) >= 11 is 3.17. The Balaban J connectivity index is 0.000000253. The number of aromatic hydroxyl groups is 2. The quantitative estimate of drug-likeness (QED) is 0.00846. The molecule has 740 valence electrons. The van der Waals surface area contributed by atoms with Gasteiger partial charge in [0, 0.05) is 96.2 Å². The number of nitrogens with zero attached hydrogens (tertiary/aromatic N) is 4. The number of halogens is 6. The highest BCUT2D eigenvalue weighted by molar-refractivity contribution is 9.08. The lowest BCUT2D eigenvalue weighted by molar-refractivity contribution is 0.0624. The number of nitrogens with two attached hydrogens (primary N) is 2. The number of benzene rings is 11. The molecular weight excluding hydrogens is 1870 g/mol. The first-order chi connectivity index (χ1) is 65.7. The molecule has 0 radical (unpaired) electrons. The minimum atomic E-state index is -0.549. The molecule has 0 saturated heterocycles. The zero-order valence-corrected chi connectivity index (χ0v) is 81.1. The molecule has 3 heterocycles. The Labute approximate surface area is 819 Å². The number of hydrogen-bond donors (Lipinski definition) is 10. The highest BCUT2D eigenvalue weighted by Gasteiger charge is 2.24. The lowest BCUT2D eigenvalue weighted by atomic mass is 9.93. The van der Waals surface area contributed by atoms with Gasteiger partial charge >= 0.3 is 24.2 Å². The number of hydrogen-bond acceptors (Lipinski definition) is 22. The van der Waals surface area contributed by atoms with Gasteiger partial charge in [-0.3, -0.25) is 21.3 Å². The summed E-state index contributed by atoms with van der Waals surface area (Å²) in [6.45, 7) is 29.3. The van der Waals surface area contributed by atoms with Crippen molar-refractivity contribution in [2.45, 2.75) is 170 Å². The number of aliphatic imine (C=N–C) groups is 1. The van der Waals surface area contributed by atoms with E-state index in [0.717, 1.165) is 0 Å². The van der Waals surface area contributed by atoms with Crippen LogP contribution in [0.4, 0.5) is 92.7 Å². The van der Waals surface area contributed by atoms with Gasteiger partial charge in [-0.25, -0.2) is 45.9 Å². The van der Waals surface area contributed by atoms with Crippen LogP contribution >= 0.6 is 15.9 Å². The number of alkyl halides is 1. The summed E-state index contributed by atoms with van der Waals surface area (Å²) in [7, 11) is 0. The number of nitrogen functional groups attached to an aromatic ring is 2. The molecule has 0 atom stereocenters. The molecule has 28 nitrogen and oxygen atoms in total. The first-order valence-corrected chi connectivity index (χ1v) is 44.3. The monoisotopic (exact) mass is 1990 g/mol. The zero-order valence-electron chi connectivity index (χ0n) is 79.5. The molecule has 14 rings (SSSR count). The van der Waals surface area contributed by atoms with Crippen molar-refractivity contribution >= 4 is 97.8 Å². The molecule has 0 aliphatic heterocycles. The van der Waals surface area contributed by atoms with E-state index in [4.69, 9.17) is 63.7 Å². The van der Waals surface area contributed by atoms with Gasteiger partial charge in [0.25, 0.3) is 0 Å². The number of ether oxygens (including phenoxy) is 6. The number of isocyanates is 1. The van der Waals surface area contributed by atoms with Crippen LogP contribution in [0.15, 0.2) is 304 Å². The number of phenols is 2. The van der Waals surface area contributed by atoms with E-state index in [2.05, 4.69) is 68.3 Å². The highest BCUT2D eigenvalue weighted by atomic mass is 79.9. The molecule has 34 heteroatoms. The van der Waals surface area contributed by atoms with E-state index in [-0.39, 0.29) is 96.5 Å². The van der Waals surface area contributed by atoms with Gasteiger partial charge in [0.1, 0.15) is 118 Å². The maximum Gasteiger partial charge on any atom is 0.412 e. The fourth-order valence-electron chi connectivity index (χ4n) is 10.7. The molecule has 3 aromatic heterocycles. The minimum Gasteiger partial charge on any atom is -0.508 e. The largest absolute Gasteiger partial charge is 0.508 e. The normalized spacial score (nSPS) is 10.6. The van der Waals surface area contributed by atoms with Gasteiger partial charge < -0.3 is 74.3 Å². The van der Waals surface area contributed by atoms with Crippen LogP contribution in [0, 0.1) is 29.1 Å². The molecule has 12 N–H and O–H groups in total. The number of urea groups is 2. The minimum absolute atomic E-state index is 0. The van der Waals surface area contributed by atoms with Gasteiger partial charge in [0.15, 0.2) is 11.6 Å². The van der Waals surface area contributed by atoms with E-state index in [9.17, 15) is 45.9 Å². The van der Waals surface area contributed by atoms with E-state index < -0.39 is 35.5 Å². The highest BCUT2D eigenvalue weighted by Crippen LogP contribution is 2.30. The van der Waals surface area contributed by atoms with Crippen molar-refractivity contribution < 1.29 is 98.1 Å². The van der Waals surface area contributed by atoms with Crippen molar-refractivity contribution in [1.82, 2.24) is 15.5 Å². The standard InChI is InChI=1S/2C21H22FN3O3.C18H20FNO3.C13H12FNO.C11H15NO3.C8H10N2O2.C7H6BrF.C6H7NO.CH4/c2*1-21(2,3)18-12-19(25-28-18)24-20(26)23-15-8-10-16(11-9-15)27-13-14-6-4-5-7-17(14)22;1-18(2,3)23-17(21)20-14-8-10-15(11-9-14)22-12-13-6-4-5-7-16(13)19;14-13-4-2-1-3-10(13)9-16-12-7-5-11(15)6-8-12;1-11(2,3)15-10(14)12-8-4-6-9(13)7-5-8;1-8(2,3)6-4-7(9-5-11)10-12-6;8-5-6-3-1-2-4-7(6)9;7-5-1-3-6(8)4-2-5;/h2*4-12H,13H2,1-3H3,(H2,23,24,25,26);4-11H,12H2,1-3H3,(H,20,21);1-8H,9,15H2;4-7,13H,1-3H3,(H,12,14);4H,1-3H3;1-4H,5H2;1-4,8H,7H2;1H4. The van der Waals surface area contributed by atoms with Crippen LogP contribution in [0.25, 0.3) is 0 Å². The second-order valence-electron chi connectivity index (χ2n) is 35.1. The third-order valence-corrected chi connectivity index (χ3v) is 18.5. The van der Waals surface area contributed by atoms with Crippen LogP contribution in [0.3, 0.4) is 0 Å². The van der Waals surface area contributed by atoms with Crippen molar-refractivity contribution in [3.63, 3.8) is 0 Å². The van der Waals surface area contributed by atoms with Crippen LogP contribution in [0.5, 0.6) is 34.5 Å². The number of anilines is 8. The molecule has 14 aromatic rings. The predicted octanol–water partition coefficient (Wildman–Crippen LogP) is 27.4. The summed E-state index contributed by atoms with van der Waals surface area (Å²) in [5.41, 5.74) is 15.7. The first kappa shape index (κ1) is 113. The summed E-state index contributed by atoms with van der Waals surface area (Å²) in [4.78, 5) is 60.4. The van der Waals surface area contributed by atoms with E-state index in [1.807, 2.05) is 68.4 Å². The molecular formula is C106H118BrF5N12O16. The summed E-state index contributed by atoms with van der Waals surface area (Å²) in [6, 6.07) is 76.7. The Hall–Kier alpha value is -16.0. The predicted molar refractivity (Wildman–Crippen MR) is 538 cm³/mol. The lowest BCUT2D eigenvalue weighted by Gasteiger charge is -2.19. The molecule has 140 heavy (non-hydrogen) atoms. The fraction of sp³-hybridized carbons (Fsp3) is 0.245. The smallest absolute Gasteiger partial charge is 0.412 e. The molecule has 0 aliphatic carbocycles. The molecule has 0 aliphatic rings. The summed E-state index contributed by atoms with van der Waals surface area (Å²) in [5.74, 6) is 4.53. The van der Waals surface area contributed by atoms with Gasteiger partial charge in [-0.15, -0.1) is 4.99 Å². The number of carbonyl (C=O) groups excluding carboxylic acids is 5. The van der Waals surface area contributed by atoms with Crippen molar-refractivity contribution in [2.75, 3.05) is 43.4 Å². The molecule has 0 spiro atoms. The van der Waals surface area contributed by atoms with Crippen LogP contribution < -0.4 is 62.3 Å². The molecule has 11 aromatic carbocycles. The van der Waals surface area contributed by atoms with E-state index >= 15 is 0 Å². The van der Waals surface area contributed by atoms with Crippen molar-refractivity contribution in [3.8, 4) is 34.5 Å². The molecule has 0 unspecified atom stereocenters. The Bertz CT molecular complexity index is 6020. The van der Waals surface area contributed by atoms with Crippen molar-refractivity contribution in [3.05, 3.63) is 359 Å². The Morgan fingerprint density at radius 1 is 0.357 bits per heavy atom. The first-order valence-electron chi connectivity index (χ1n) is 43.1. The van der Waals surface area contributed by atoms with Crippen LogP contribution in [0.2, 0.25) is 0 Å². The molecule has 6 amide bonds. The molecule has 0 fully saturated rings. The average Bonchev–Trinajstić information content (AvgIpc) is 1.59.